The van der Waals surface area contributed by atoms with Gasteiger partial charge in [0.1, 0.15) is 5.82 Å². The molecule has 0 fully saturated rings. The van der Waals surface area contributed by atoms with Crippen molar-refractivity contribution in [3.05, 3.63) is 63.4 Å². The van der Waals surface area contributed by atoms with Crippen molar-refractivity contribution in [2.45, 2.75) is 0 Å². The molecule has 2 aromatic rings. The first-order chi connectivity index (χ1) is 10.8. The van der Waals surface area contributed by atoms with Gasteiger partial charge in [0.15, 0.2) is 11.6 Å². The first-order valence-corrected chi connectivity index (χ1v) is 6.88. The minimum absolute atomic E-state index is 0.0819. The quantitative estimate of drug-likeness (QED) is 0.455. The Morgan fingerprint density at radius 1 is 1.04 bits per heavy atom. The van der Waals surface area contributed by atoms with E-state index in [0.29, 0.717) is 6.07 Å². The van der Waals surface area contributed by atoms with Crippen LogP contribution in [-0.2, 0) is 4.74 Å². The molecule has 0 N–H and O–H groups in total. The average Bonchev–Trinajstić information content (AvgIpc) is 2.54. The summed E-state index contributed by atoms with van der Waals surface area (Å²) in [4.78, 5) is 23.4. The zero-order valence-electron chi connectivity index (χ0n) is 11.5. The summed E-state index contributed by atoms with van der Waals surface area (Å²) in [7, 11) is 1.06. The molecule has 0 radical (unpaired) electrons. The highest BCUT2D eigenvalue weighted by atomic mass is 79.9. The summed E-state index contributed by atoms with van der Waals surface area (Å²) in [5, 5.41) is 0. The molecular formula is C15H8BrF3O4. The summed E-state index contributed by atoms with van der Waals surface area (Å²) in [6, 6.07) is 4.86. The van der Waals surface area contributed by atoms with E-state index in [4.69, 9.17) is 4.74 Å². The third kappa shape index (κ3) is 3.53. The van der Waals surface area contributed by atoms with Gasteiger partial charge in [0.05, 0.1) is 22.7 Å². The minimum Gasteiger partial charge on any atom is -0.465 e. The maximum Gasteiger partial charge on any atom is 0.343 e. The molecule has 4 nitrogen and oxygen atoms in total. The summed E-state index contributed by atoms with van der Waals surface area (Å²) in [6.07, 6.45) is 0. The fourth-order valence-corrected chi connectivity index (χ4v) is 2.20. The monoisotopic (exact) mass is 388 g/mol. The maximum atomic E-state index is 13.9. The van der Waals surface area contributed by atoms with Crippen molar-refractivity contribution in [3.63, 3.8) is 0 Å². The molecule has 0 atom stereocenters. The lowest BCUT2D eigenvalue weighted by Crippen LogP contribution is -2.13. The molecule has 0 unspecified atom stereocenters. The molecular weight excluding hydrogens is 381 g/mol. The van der Waals surface area contributed by atoms with E-state index in [1.807, 2.05) is 0 Å². The topological polar surface area (TPSA) is 52.6 Å². The fourth-order valence-electron chi connectivity index (χ4n) is 1.67. The summed E-state index contributed by atoms with van der Waals surface area (Å²) in [5.41, 5.74) is -0.435. The normalized spacial score (nSPS) is 10.3. The molecule has 2 aromatic carbocycles. The maximum absolute atomic E-state index is 13.9. The first-order valence-electron chi connectivity index (χ1n) is 6.08. The number of carbonyl (C=O) groups is 2. The van der Waals surface area contributed by atoms with Gasteiger partial charge in [0.25, 0.3) is 0 Å². The zero-order valence-corrected chi connectivity index (χ0v) is 13.1. The average molecular weight is 389 g/mol. The second-order valence-electron chi connectivity index (χ2n) is 4.25. The van der Waals surface area contributed by atoms with Crippen LogP contribution in [0.1, 0.15) is 20.7 Å². The lowest BCUT2D eigenvalue weighted by Gasteiger charge is -2.11. The van der Waals surface area contributed by atoms with Crippen molar-refractivity contribution in [2.75, 3.05) is 7.11 Å². The van der Waals surface area contributed by atoms with Gasteiger partial charge in [-0.05, 0) is 46.3 Å². The van der Waals surface area contributed by atoms with Gasteiger partial charge < -0.3 is 9.47 Å². The van der Waals surface area contributed by atoms with Crippen LogP contribution in [0.25, 0.3) is 0 Å². The Morgan fingerprint density at radius 3 is 2.22 bits per heavy atom. The van der Waals surface area contributed by atoms with E-state index in [1.54, 1.807) is 0 Å². The number of rotatable bonds is 3. The van der Waals surface area contributed by atoms with Crippen LogP contribution < -0.4 is 4.74 Å². The van der Waals surface area contributed by atoms with Crippen LogP contribution >= 0.6 is 15.9 Å². The minimum atomic E-state index is -1.46. The molecule has 0 aliphatic heterocycles. The molecule has 0 saturated heterocycles. The standard InChI is InChI=1S/C15H8BrF3O4/c1-22-15(21)9-6-10(18)12(19)13(11(9)16)23-14(20)7-2-4-8(17)5-3-7/h2-6H,1H3. The molecule has 0 saturated carbocycles. The van der Waals surface area contributed by atoms with E-state index in [-0.39, 0.29) is 15.6 Å². The first kappa shape index (κ1) is 17.0. The number of methoxy groups -OCH3 is 1. The lowest BCUT2D eigenvalue weighted by atomic mass is 10.2. The Balaban J connectivity index is 2.42. The largest absolute Gasteiger partial charge is 0.465 e. The Kier molecular flexibility index (Phi) is 5.05. The Morgan fingerprint density at radius 2 is 1.65 bits per heavy atom. The fraction of sp³-hybridized carbons (Fsp3) is 0.0667. The molecule has 0 amide bonds. The van der Waals surface area contributed by atoms with E-state index in [0.717, 1.165) is 31.4 Å². The molecule has 0 aliphatic rings. The predicted octanol–water partition coefficient (Wildman–Crippen LogP) is 3.87. The van der Waals surface area contributed by atoms with Gasteiger partial charge in [-0.15, -0.1) is 0 Å². The third-order valence-electron chi connectivity index (χ3n) is 2.80. The highest BCUT2D eigenvalue weighted by molar-refractivity contribution is 9.10. The molecule has 0 bridgehead atoms. The van der Waals surface area contributed by atoms with Crippen LogP contribution in [0, 0.1) is 17.5 Å². The molecule has 120 valence electrons. The highest BCUT2D eigenvalue weighted by Crippen LogP contribution is 2.34. The van der Waals surface area contributed by atoms with Gasteiger partial charge in [-0.3, -0.25) is 0 Å². The van der Waals surface area contributed by atoms with E-state index >= 15 is 0 Å². The third-order valence-corrected chi connectivity index (χ3v) is 3.58. The van der Waals surface area contributed by atoms with Crippen LogP contribution in [0.3, 0.4) is 0 Å². The lowest BCUT2D eigenvalue weighted by molar-refractivity contribution is 0.0594. The second kappa shape index (κ2) is 6.82. The van der Waals surface area contributed by atoms with Crippen LogP contribution in [0.15, 0.2) is 34.8 Å². The van der Waals surface area contributed by atoms with Gasteiger partial charge in [-0.1, -0.05) is 0 Å². The molecule has 0 aliphatic carbocycles. The van der Waals surface area contributed by atoms with Crippen molar-refractivity contribution < 1.29 is 32.2 Å². The molecule has 0 aromatic heterocycles. The van der Waals surface area contributed by atoms with Gasteiger partial charge in [-0.2, -0.15) is 4.39 Å². The summed E-state index contributed by atoms with van der Waals surface area (Å²) in [6.45, 7) is 0. The summed E-state index contributed by atoms with van der Waals surface area (Å²) >= 11 is 2.88. The zero-order chi connectivity index (χ0) is 17.1. The summed E-state index contributed by atoms with van der Waals surface area (Å²) in [5.74, 6) is -6.23. The van der Waals surface area contributed by atoms with Crippen molar-refractivity contribution in [1.29, 1.82) is 0 Å². The number of hydrogen-bond donors (Lipinski definition) is 0. The van der Waals surface area contributed by atoms with Crippen LogP contribution in [-0.4, -0.2) is 19.0 Å². The van der Waals surface area contributed by atoms with Gasteiger partial charge in [0.2, 0.25) is 5.82 Å². The SMILES string of the molecule is COC(=O)c1cc(F)c(F)c(OC(=O)c2ccc(F)cc2)c1Br. The molecule has 0 heterocycles. The number of esters is 2. The number of carbonyl (C=O) groups excluding carboxylic acids is 2. The van der Waals surface area contributed by atoms with Crippen molar-refractivity contribution >= 4 is 27.9 Å². The summed E-state index contributed by atoms with van der Waals surface area (Å²) < 4.78 is 49.2. The predicted molar refractivity (Wildman–Crippen MR) is 76.8 cm³/mol. The van der Waals surface area contributed by atoms with E-state index in [9.17, 15) is 22.8 Å². The Bertz CT molecular complexity index is 775. The van der Waals surface area contributed by atoms with Crippen molar-refractivity contribution in [2.24, 2.45) is 0 Å². The van der Waals surface area contributed by atoms with Crippen molar-refractivity contribution in [3.8, 4) is 5.75 Å². The number of halogens is 4. The molecule has 8 heteroatoms. The van der Waals surface area contributed by atoms with Gasteiger partial charge in [-0.25, -0.2) is 18.4 Å². The van der Waals surface area contributed by atoms with Crippen LogP contribution in [0.2, 0.25) is 0 Å². The van der Waals surface area contributed by atoms with Gasteiger partial charge >= 0.3 is 11.9 Å². The Labute approximate surface area is 136 Å². The number of hydrogen-bond acceptors (Lipinski definition) is 4. The highest BCUT2D eigenvalue weighted by Gasteiger charge is 2.25. The van der Waals surface area contributed by atoms with Crippen molar-refractivity contribution in [1.82, 2.24) is 0 Å². The molecule has 23 heavy (non-hydrogen) atoms. The molecule has 2 rings (SSSR count). The van der Waals surface area contributed by atoms with E-state index in [1.165, 1.54) is 0 Å². The van der Waals surface area contributed by atoms with E-state index in [2.05, 4.69) is 20.7 Å². The van der Waals surface area contributed by atoms with Gasteiger partial charge in [0, 0.05) is 0 Å². The smallest absolute Gasteiger partial charge is 0.343 e. The Hall–Kier alpha value is -2.35. The number of ether oxygens (including phenoxy) is 2. The van der Waals surface area contributed by atoms with Crippen LogP contribution in [0.5, 0.6) is 5.75 Å². The molecule has 0 spiro atoms. The second-order valence-corrected chi connectivity index (χ2v) is 5.04. The number of benzene rings is 2. The van der Waals surface area contributed by atoms with E-state index < -0.39 is 35.1 Å². The van der Waals surface area contributed by atoms with Crippen LogP contribution in [0.4, 0.5) is 13.2 Å².